The Labute approximate surface area is 139 Å². The first-order chi connectivity index (χ1) is 11.8. The molecule has 0 unspecified atom stereocenters. The maximum absolute atomic E-state index is 13.3. The fraction of sp³-hybridized carbons (Fsp3) is 0.118. The van der Waals surface area contributed by atoms with E-state index in [9.17, 15) is 22.4 Å². The fourth-order valence-corrected chi connectivity index (χ4v) is 2.31. The zero-order valence-corrected chi connectivity index (χ0v) is 12.6. The molecule has 0 radical (unpaired) electrons. The summed E-state index contributed by atoms with van der Waals surface area (Å²) in [6, 6.07) is 5.91. The molecular weight excluding hydrogens is 338 g/mol. The summed E-state index contributed by atoms with van der Waals surface area (Å²) in [6.45, 7) is 0. The quantitative estimate of drug-likeness (QED) is 0.732. The number of nitrogens with one attached hydrogen (secondary N) is 1. The van der Waals surface area contributed by atoms with E-state index in [0.717, 1.165) is 24.3 Å². The van der Waals surface area contributed by atoms with Crippen molar-refractivity contribution in [1.82, 2.24) is 15.3 Å². The van der Waals surface area contributed by atoms with Gasteiger partial charge in [-0.3, -0.25) is 9.78 Å². The van der Waals surface area contributed by atoms with Gasteiger partial charge in [0, 0.05) is 17.8 Å². The summed E-state index contributed by atoms with van der Waals surface area (Å²) in [5.74, 6) is -1.65. The molecule has 4 nitrogen and oxygen atoms in total. The number of carbonyl (C=O) groups excluding carboxylic acids is 1. The molecule has 1 aromatic carbocycles. The molecule has 3 aromatic rings. The minimum Gasteiger partial charge on any atom is -0.335 e. The van der Waals surface area contributed by atoms with E-state index >= 15 is 0 Å². The van der Waals surface area contributed by atoms with Crippen molar-refractivity contribution in [3.05, 3.63) is 71.9 Å². The van der Waals surface area contributed by atoms with E-state index < -0.39 is 23.9 Å². The van der Waals surface area contributed by atoms with Gasteiger partial charge in [-0.05, 0) is 35.9 Å². The minimum atomic E-state index is -4.74. The number of nitrogens with zero attached hydrogens (tertiary/aromatic N) is 2. The molecule has 0 aliphatic heterocycles. The standard InChI is InChI=1S/C17H11F4N3O/c18-12-4-1-10(2-5-12)15(17(19,20)21)24-16(25)14-6-3-11-9-22-8-7-13(11)23-14/h1-9,15H,(H,24,25)/t15-/m0/s1. The van der Waals surface area contributed by atoms with Crippen molar-refractivity contribution in [3.8, 4) is 0 Å². The van der Waals surface area contributed by atoms with Gasteiger partial charge in [0.2, 0.25) is 0 Å². The number of aromatic nitrogens is 2. The summed E-state index contributed by atoms with van der Waals surface area (Å²) in [7, 11) is 0. The molecule has 0 saturated carbocycles. The van der Waals surface area contributed by atoms with Gasteiger partial charge >= 0.3 is 6.18 Å². The van der Waals surface area contributed by atoms with E-state index in [-0.39, 0.29) is 11.3 Å². The van der Waals surface area contributed by atoms with Gasteiger partial charge in [-0.1, -0.05) is 12.1 Å². The van der Waals surface area contributed by atoms with E-state index in [1.165, 1.54) is 18.5 Å². The molecule has 0 saturated heterocycles. The van der Waals surface area contributed by atoms with E-state index in [1.807, 2.05) is 5.32 Å². The number of benzene rings is 1. The van der Waals surface area contributed by atoms with Crippen molar-refractivity contribution in [1.29, 1.82) is 0 Å². The first-order valence-electron chi connectivity index (χ1n) is 7.18. The second-order valence-corrected chi connectivity index (χ2v) is 5.26. The van der Waals surface area contributed by atoms with Crippen LogP contribution in [0, 0.1) is 5.82 Å². The van der Waals surface area contributed by atoms with Crippen molar-refractivity contribution in [3.63, 3.8) is 0 Å². The van der Waals surface area contributed by atoms with Crippen molar-refractivity contribution in [2.45, 2.75) is 12.2 Å². The number of hydrogen-bond acceptors (Lipinski definition) is 3. The van der Waals surface area contributed by atoms with Crippen molar-refractivity contribution in [2.75, 3.05) is 0 Å². The van der Waals surface area contributed by atoms with Gasteiger partial charge in [0.1, 0.15) is 11.5 Å². The summed E-state index contributed by atoms with van der Waals surface area (Å²) in [6.07, 6.45) is -1.75. The highest BCUT2D eigenvalue weighted by Crippen LogP contribution is 2.33. The van der Waals surface area contributed by atoms with E-state index in [0.29, 0.717) is 10.9 Å². The van der Waals surface area contributed by atoms with E-state index in [4.69, 9.17) is 0 Å². The highest BCUT2D eigenvalue weighted by molar-refractivity contribution is 5.95. The Balaban J connectivity index is 1.90. The lowest BCUT2D eigenvalue weighted by molar-refractivity contribution is -0.155. The largest absolute Gasteiger partial charge is 0.412 e. The van der Waals surface area contributed by atoms with Crippen molar-refractivity contribution in [2.24, 2.45) is 0 Å². The second kappa shape index (κ2) is 6.46. The van der Waals surface area contributed by atoms with Gasteiger partial charge in [-0.15, -0.1) is 0 Å². The number of alkyl halides is 3. The van der Waals surface area contributed by atoms with Gasteiger partial charge in [-0.25, -0.2) is 9.37 Å². The molecule has 3 rings (SSSR count). The molecule has 2 heterocycles. The van der Waals surface area contributed by atoms with Crippen LogP contribution in [-0.2, 0) is 0 Å². The molecule has 0 bridgehead atoms. The number of halogens is 4. The van der Waals surface area contributed by atoms with Gasteiger partial charge in [0.05, 0.1) is 5.52 Å². The molecule has 1 N–H and O–H groups in total. The predicted molar refractivity (Wildman–Crippen MR) is 82.2 cm³/mol. The number of fused-ring (bicyclic) bond motifs is 1. The van der Waals surface area contributed by atoms with Crippen LogP contribution in [-0.4, -0.2) is 22.1 Å². The Morgan fingerprint density at radius 1 is 1.04 bits per heavy atom. The Bertz CT molecular complexity index is 910. The van der Waals surface area contributed by atoms with Crippen LogP contribution < -0.4 is 5.32 Å². The lowest BCUT2D eigenvalue weighted by Gasteiger charge is -2.22. The molecule has 8 heteroatoms. The normalized spacial score (nSPS) is 12.8. The summed E-state index contributed by atoms with van der Waals surface area (Å²) in [4.78, 5) is 20.2. The van der Waals surface area contributed by atoms with Crippen LogP contribution in [0.4, 0.5) is 17.6 Å². The van der Waals surface area contributed by atoms with Crippen LogP contribution in [0.1, 0.15) is 22.1 Å². The first kappa shape index (κ1) is 16.8. The van der Waals surface area contributed by atoms with E-state index in [1.54, 1.807) is 12.1 Å². The smallest absolute Gasteiger partial charge is 0.335 e. The number of amides is 1. The molecule has 128 valence electrons. The minimum absolute atomic E-state index is 0.157. The van der Waals surface area contributed by atoms with Gasteiger partial charge in [0.25, 0.3) is 5.91 Å². The topological polar surface area (TPSA) is 54.9 Å². The van der Waals surface area contributed by atoms with E-state index in [2.05, 4.69) is 9.97 Å². The highest BCUT2D eigenvalue weighted by Gasteiger charge is 2.42. The fourth-order valence-electron chi connectivity index (χ4n) is 2.31. The van der Waals surface area contributed by atoms with Crippen molar-refractivity contribution < 1.29 is 22.4 Å². The monoisotopic (exact) mass is 349 g/mol. The number of hydrogen-bond donors (Lipinski definition) is 1. The maximum atomic E-state index is 13.3. The molecule has 0 spiro atoms. The van der Waals surface area contributed by atoms with Gasteiger partial charge in [-0.2, -0.15) is 13.2 Å². The molecular formula is C17H11F4N3O. The van der Waals surface area contributed by atoms with Crippen LogP contribution >= 0.6 is 0 Å². The SMILES string of the molecule is O=C(N[C@@H](c1ccc(F)cc1)C(F)(F)F)c1ccc2cnccc2n1. The maximum Gasteiger partial charge on any atom is 0.412 e. The molecule has 25 heavy (non-hydrogen) atoms. The predicted octanol–water partition coefficient (Wildman–Crippen LogP) is 3.80. The zero-order chi connectivity index (χ0) is 18.0. The number of rotatable bonds is 3. The van der Waals surface area contributed by atoms with Crippen LogP contribution in [0.25, 0.3) is 10.9 Å². The molecule has 1 amide bonds. The highest BCUT2D eigenvalue weighted by atomic mass is 19.4. The van der Waals surface area contributed by atoms with Gasteiger partial charge < -0.3 is 5.32 Å². The number of pyridine rings is 2. The summed E-state index contributed by atoms with van der Waals surface area (Å²) in [5.41, 5.74) is 0.00953. The lowest BCUT2D eigenvalue weighted by atomic mass is 10.1. The van der Waals surface area contributed by atoms with Crippen LogP contribution in [0.3, 0.4) is 0 Å². The summed E-state index contributed by atoms with van der Waals surface area (Å²) in [5, 5.41) is 2.57. The Morgan fingerprint density at radius 3 is 2.44 bits per heavy atom. The number of carbonyl (C=O) groups is 1. The Kier molecular flexibility index (Phi) is 4.35. The Hall–Kier alpha value is -3.03. The molecule has 0 aliphatic carbocycles. The van der Waals surface area contributed by atoms with Crippen molar-refractivity contribution >= 4 is 16.8 Å². The average molecular weight is 349 g/mol. The molecule has 0 aliphatic rings. The molecule has 1 atom stereocenters. The van der Waals surface area contributed by atoms with Crippen LogP contribution in [0.2, 0.25) is 0 Å². The lowest BCUT2D eigenvalue weighted by Crippen LogP contribution is -2.38. The molecule has 0 fully saturated rings. The summed E-state index contributed by atoms with van der Waals surface area (Å²) >= 11 is 0. The third-order valence-corrected chi connectivity index (χ3v) is 3.53. The second-order valence-electron chi connectivity index (χ2n) is 5.26. The Morgan fingerprint density at radius 2 is 1.76 bits per heavy atom. The molecule has 2 aromatic heterocycles. The average Bonchev–Trinajstić information content (AvgIpc) is 2.59. The third-order valence-electron chi connectivity index (χ3n) is 3.53. The van der Waals surface area contributed by atoms with Crippen LogP contribution in [0.15, 0.2) is 54.9 Å². The summed E-state index contributed by atoms with van der Waals surface area (Å²) < 4.78 is 52.8. The first-order valence-corrected chi connectivity index (χ1v) is 7.18. The van der Waals surface area contributed by atoms with Crippen LogP contribution in [0.5, 0.6) is 0 Å². The van der Waals surface area contributed by atoms with Gasteiger partial charge in [0.15, 0.2) is 6.04 Å². The zero-order valence-electron chi connectivity index (χ0n) is 12.6. The third kappa shape index (κ3) is 3.73.